The Hall–Kier alpha value is -2.32. The maximum atomic E-state index is 13.5. The number of halogens is 3. The number of nitrogens with zero attached hydrogens (tertiary/aromatic N) is 4. The fourth-order valence-corrected chi connectivity index (χ4v) is 3.82. The highest BCUT2D eigenvalue weighted by Crippen LogP contribution is 2.59. The molecule has 1 saturated heterocycles. The first-order chi connectivity index (χ1) is 11.8. The molecule has 2 fully saturated rings. The highest BCUT2D eigenvalue weighted by atomic mass is 19.4. The number of hydrogen-bond acceptors (Lipinski definition) is 4. The SMILES string of the molecule is Cn1c(C2(C(F)(F)F)CC2)nc2c(N3CCCC3)c([N+](=O)[O-])ccc21. The molecule has 2 heterocycles. The van der Waals surface area contributed by atoms with Crippen LogP contribution in [0, 0.1) is 10.1 Å². The molecule has 2 aromatic rings. The van der Waals surface area contributed by atoms with Crippen LogP contribution in [0.5, 0.6) is 0 Å². The van der Waals surface area contributed by atoms with Crippen LogP contribution in [0.15, 0.2) is 12.1 Å². The van der Waals surface area contributed by atoms with Gasteiger partial charge in [-0.2, -0.15) is 13.2 Å². The van der Waals surface area contributed by atoms with E-state index in [4.69, 9.17) is 0 Å². The minimum Gasteiger partial charge on any atom is -0.364 e. The van der Waals surface area contributed by atoms with E-state index in [1.807, 2.05) is 4.90 Å². The maximum Gasteiger partial charge on any atom is 0.401 e. The molecule has 0 amide bonds. The smallest absolute Gasteiger partial charge is 0.364 e. The molecular formula is C16H17F3N4O2. The number of aryl methyl sites for hydroxylation is 1. The Balaban J connectivity index is 1.97. The molecule has 6 nitrogen and oxygen atoms in total. The number of imidazole rings is 1. The van der Waals surface area contributed by atoms with E-state index in [1.165, 1.54) is 16.7 Å². The van der Waals surface area contributed by atoms with Crippen molar-refractivity contribution >= 4 is 22.4 Å². The number of hydrogen-bond donors (Lipinski definition) is 0. The van der Waals surface area contributed by atoms with Crippen molar-refractivity contribution in [3.05, 3.63) is 28.1 Å². The minimum absolute atomic E-state index is 0.00873. The molecule has 1 saturated carbocycles. The number of benzene rings is 1. The van der Waals surface area contributed by atoms with Crippen LogP contribution in [0.25, 0.3) is 11.0 Å². The Bertz CT molecular complexity index is 864. The van der Waals surface area contributed by atoms with Crippen LogP contribution in [-0.2, 0) is 12.5 Å². The summed E-state index contributed by atoms with van der Waals surface area (Å²) in [6, 6.07) is 2.87. The number of aromatic nitrogens is 2. The molecule has 1 aromatic carbocycles. The van der Waals surface area contributed by atoms with Crippen molar-refractivity contribution in [3.8, 4) is 0 Å². The lowest BCUT2D eigenvalue weighted by Crippen LogP contribution is -2.31. The van der Waals surface area contributed by atoms with E-state index in [2.05, 4.69) is 4.98 Å². The fourth-order valence-electron chi connectivity index (χ4n) is 3.82. The predicted octanol–water partition coefficient (Wildman–Crippen LogP) is 3.68. The second-order valence-corrected chi connectivity index (χ2v) is 6.83. The van der Waals surface area contributed by atoms with Gasteiger partial charge in [-0.25, -0.2) is 4.98 Å². The van der Waals surface area contributed by atoms with Gasteiger partial charge >= 0.3 is 6.18 Å². The Kier molecular flexibility index (Phi) is 3.29. The molecule has 25 heavy (non-hydrogen) atoms. The van der Waals surface area contributed by atoms with Crippen LogP contribution < -0.4 is 4.90 Å². The standard InChI is InChI=1S/C16H17F3N4O2/c1-21-10-4-5-11(23(24)25)13(22-8-2-3-9-22)12(10)20-14(21)15(6-7-15)16(17,18)19/h4-5H,2-3,6-9H2,1H3. The van der Waals surface area contributed by atoms with E-state index in [-0.39, 0.29) is 24.4 Å². The number of anilines is 1. The number of nitro groups is 1. The first-order valence-electron chi connectivity index (χ1n) is 8.22. The molecule has 0 bridgehead atoms. The van der Waals surface area contributed by atoms with Gasteiger partial charge < -0.3 is 9.47 Å². The van der Waals surface area contributed by atoms with Gasteiger partial charge in [0.15, 0.2) is 0 Å². The number of fused-ring (bicyclic) bond motifs is 1. The monoisotopic (exact) mass is 354 g/mol. The normalized spacial score (nSPS) is 19.6. The Morgan fingerprint density at radius 2 is 1.88 bits per heavy atom. The Morgan fingerprint density at radius 1 is 1.24 bits per heavy atom. The predicted molar refractivity (Wildman–Crippen MR) is 85.8 cm³/mol. The van der Waals surface area contributed by atoms with Gasteiger partial charge in [0.05, 0.1) is 10.4 Å². The van der Waals surface area contributed by atoms with Crippen LogP contribution in [0.2, 0.25) is 0 Å². The topological polar surface area (TPSA) is 64.2 Å². The van der Waals surface area contributed by atoms with E-state index in [1.54, 1.807) is 7.05 Å². The lowest BCUT2D eigenvalue weighted by atomic mass is 10.1. The van der Waals surface area contributed by atoms with E-state index in [0.717, 1.165) is 12.8 Å². The van der Waals surface area contributed by atoms with Crippen molar-refractivity contribution < 1.29 is 18.1 Å². The van der Waals surface area contributed by atoms with Crippen molar-refractivity contribution in [2.45, 2.75) is 37.3 Å². The maximum absolute atomic E-state index is 13.5. The zero-order valence-corrected chi connectivity index (χ0v) is 13.6. The van der Waals surface area contributed by atoms with Crippen LogP contribution >= 0.6 is 0 Å². The summed E-state index contributed by atoms with van der Waals surface area (Å²) in [7, 11) is 1.55. The molecule has 0 unspecified atom stereocenters. The van der Waals surface area contributed by atoms with Crippen LogP contribution in [-0.4, -0.2) is 33.7 Å². The van der Waals surface area contributed by atoms with Gasteiger partial charge in [0.1, 0.15) is 22.4 Å². The quantitative estimate of drug-likeness (QED) is 0.623. The summed E-state index contributed by atoms with van der Waals surface area (Å²) in [4.78, 5) is 17.1. The molecule has 0 N–H and O–H groups in total. The fraction of sp³-hybridized carbons (Fsp3) is 0.562. The van der Waals surface area contributed by atoms with Crippen molar-refractivity contribution in [2.75, 3.05) is 18.0 Å². The van der Waals surface area contributed by atoms with Crippen molar-refractivity contribution in [2.24, 2.45) is 7.05 Å². The molecule has 4 rings (SSSR count). The van der Waals surface area contributed by atoms with Crippen LogP contribution in [0.1, 0.15) is 31.5 Å². The van der Waals surface area contributed by atoms with Gasteiger partial charge in [0.2, 0.25) is 0 Å². The van der Waals surface area contributed by atoms with Gasteiger partial charge in [-0.3, -0.25) is 10.1 Å². The zero-order chi connectivity index (χ0) is 18.0. The summed E-state index contributed by atoms with van der Waals surface area (Å²) in [5.74, 6) is -0.0454. The molecule has 0 spiro atoms. The Labute approximate surface area is 141 Å². The third-order valence-electron chi connectivity index (χ3n) is 5.35. The third-order valence-corrected chi connectivity index (χ3v) is 5.35. The zero-order valence-electron chi connectivity index (χ0n) is 13.6. The molecule has 1 aromatic heterocycles. The second-order valence-electron chi connectivity index (χ2n) is 6.83. The van der Waals surface area contributed by atoms with Gasteiger partial charge in [-0.1, -0.05) is 0 Å². The van der Waals surface area contributed by atoms with Crippen molar-refractivity contribution in [1.29, 1.82) is 0 Å². The van der Waals surface area contributed by atoms with Crippen LogP contribution in [0.4, 0.5) is 24.5 Å². The average molecular weight is 354 g/mol. The third kappa shape index (κ3) is 2.21. The highest BCUT2D eigenvalue weighted by molar-refractivity contribution is 5.95. The lowest BCUT2D eigenvalue weighted by Gasteiger charge is -2.18. The van der Waals surface area contributed by atoms with Crippen molar-refractivity contribution in [1.82, 2.24) is 9.55 Å². The van der Waals surface area contributed by atoms with E-state index >= 15 is 0 Å². The number of nitro benzene ring substituents is 1. The summed E-state index contributed by atoms with van der Waals surface area (Å²) in [5, 5.41) is 11.4. The molecular weight excluding hydrogens is 337 g/mol. The molecule has 9 heteroatoms. The largest absolute Gasteiger partial charge is 0.401 e. The second kappa shape index (κ2) is 5.09. The summed E-state index contributed by atoms with van der Waals surface area (Å²) >= 11 is 0. The van der Waals surface area contributed by atoms with Gasteiger partial charge in [0.25, 0.3) is 5.69 Å². The summed E-state index contributed by atoms with van der Waals surface area (Å²) in [6.45, 7) is 1.30. The first-order valence-corrected chi connectivity index (χ1v) is 8.22. The molecule has 0 atom stereocenters. The number of rotatable bonds is 3. The lowest BCUT2D eigenvalue weighted by molar-refractivity contribution is -0.384. The van der Waals surface area contributed by atoms with Crippen molar-refractivity contribution in [3.63, 3.8) is 0 Å². The van der Waals surface area contributed by atoms with Crippen LogP contribution in [0.3, 0.4) is 0 Å². The van der Waals surface area contributed by atoms with E-state index in [9.17, 15) is 23.3 Å². The first kappa shape index (κ1) is 16.2. The van der Waals surface area contributed by atoms with E-state index in [0.29, 0.717) is 29.8 Å². The Morgan fingerprint density at radius 3 is 2.40 bits per heavy atom. The number of alkyl halides is 3. The molecule has 0 radical (unpaired) electrons. The summed E-state index contributed by atoms with van der Waals surface area (Å²) in [5.41, 5.74) is -0.879. The minimum atomic E-state index is -4.37. The van der Waals surface area contributed by atoms with Gasteiger partial charge in [0, 0.05) is 26.2 Å². The molecule has 1 aliphatic heterocycles. The molecule has 1 aliphatic carbocycles. The summed E-state index contributed by atoms with van der Waals surface area (Å²) in [6.07, 6.45) is -2.55. The van der Waals surface area contributed by atoms with E-state index < -0.39 is 16.5 Å². The summed E-state index contributed by atoms with van der Waals surface area (Å²) < 4.78 is 42.0. The van der Waals surface area contributed by atoms with Gasteiger partial charge in [-0.05, 0) is 31.7 Å². The molecule has 134 valence electrons. The molecule has 2 aliphatic rings. The highest BCUT2D eigenvalue weighted by Gasteiger charge is 2.66. The van der Waals surface area contributed by atoms with Gasteiger partial charge in [-0.15, -0.1) is 0 Å². The average Bonchev–Trinajstić information content (AvgIpc) is 3.05.